The Morgan fingerprint density at radius 2 is 1.31 bits per heavy atom. The molecule has 9 aromatic rings. The van der Waals surface area contributed by atoms with Gasteiger partial charge in [0.2, 0.25) is 11.6 Å². The number of para-hydroxylation sites is 2. The Balaban J connectivity index is 1.02. The summed E-state index contributed by atoms with van der Waals surface area (Å²) in [6.45, 7) is 0. The molecule has 3 aliphatic carbocycles. The number of benzene rings is 2. The molecule has 3 aliphatic rings. The number of fused-ring (bicyclic) bond motifs is 2. The maximum absolute atomic E-state index is 5.17. The summed E-state index contributed by atoms with van der Waals surface area (Å²) in [6.07, 6.45) is 22.9. The van der Waals surface area contributed by atoms with Crippen molar-refractivity contribution in [2.45, 2.75) is 51.0 Å². The van der Waals surface area contributed by atoms with Gasteiger partial charge in [0.1, 0.15) is 24.8 Å². The van der Waals surface area contributed by atoms with Gasteiger partial charge in [-0.15, -0.1) is 0 Å². The van der Waals surface area contributed by atoms with E-state index >= 15 is 0 Å². The number of imidazole rings is 2. The Morgan fingerprint density at radius 1 is 0.648 bits per heavy atom. The average Bonchev–Trinajstić information content (AvgIpc) is 3.97. The highest BCUT2D eigenvalue weighted by atomic mass is 15.3. The summed E-state index contributed by atoms with van der Waals surface area (Å²) >= 11 is 0. The lowest BCUT2D eigenvalue weighted by atomic mass is 9.72. The predicted molar refractivity (Wildman–Crippen MR) is 211 cm³/mol. The molecule has 2 fully saturated rings. The molecule has 264 valence electrons. The molecule has 6 heterocycles. The van der Waals surface area contributed by atoms with Gasteiger partial charge >= 0.3 is 0 Å². The molecule has 12 rings (SSSR count). The van der Waals surface area contributed by atoms with Crippen LogP contribution in [0.1, 0.15) is 51.0 Å². The maximum atomic E-state index is 5.17. The molecule has 2 saturated carbocycles. The van der Waals surface area contributed by atoms with Gasteiger partial charge in [-0.05, 0) is 99.0 Å². The summed E-state index contributed by atoms with van der Waals surface area (Å²) in [6, 6.07) is 21.5. The third-order valence-corrected chi connectivity index (χ3v) is 12.1. The molecule has 0 aliphatic heterocycles. The van der Waals surface area contributed by atoms with E-state index in [-0.39, 0.29) is 0 Å². The van der Waals surface area contributed by atoms with Crippen LogP contribution < -0.4 is 10.6 Å². The van der Waals surface area contributed by atoms with E-state index in [1.54, 1.807) is 6.33 Å². The summed E-state index contributed by atoms with van der Waals surface area (Å²) in [4.78, 5) is 29.4. The number of hydrogen-bond donors (Lipinski definition) is 2. The van der Waals surface area contributed by atoms with Crippen LogP contribution in [-0.2, 0) is 0 Å². The lowest BCUT2D eigenvalue weighted by Crippen LogP contribution is -2.27. The van der Waals surface area contributed by atoms with Crippen LogP contribution in [0, 0.1) is 11.8 Å². The monoisotopic (exact) mass is 708 g/mol. The fraction of sp³-hybridized carbons (Fsp3) is 0.238. The Kier molecular flexibility index (Phi) is 6.36. The fourth-order valence-corrected chi connectivity index (χ4v) is 8.95. The molecule has 0 radical (unpaired) electrons. The van der Waals surface area contributed by atoms with Gasteiger partial charge < -0.3 is 15.2 Å². The van der Waals surface area contributed by atoms with Crippen LogP contribution in [-0.4, -0.2) is 48.0 Å². The van der Waals surface area contributed by atoms with Gasteiger partial charge in [0.15, 0.2) is 11.6 Å². The van der Waals surface area contributed by atoms with E-state index in [4.69, 9.17) is 19.9 Å². The Bertz CT molecular complexity index is 2970. The molecule has 6 aromatic heterocycles. The number of aromatic nitrogens is 10. The van der Waals surface area contributed by atoms with E-state index in [0.29, 0.717) is 23.5 Å². The topological polar surface area (TPSA) is 121 Å². The normalized spacial score (nSPS) is 17.9. The highest BCUT2D eigenvalue weighted by Crippen LogP contribution is 2.42. The third kappa shape index (κ3) is 4.36. The first-order valence-corrected chi connectivity index (χ1v) is 19.0. The summed E-state index contributed by atoms with van der Waals surface area (Å²) < 4.78 is 8.51. The molecule has 12 heteroatoms. The van der Waals surface area contributed by atoms with Crippen molar-refractivity contribution < 1.29 is 0 Å². The van der Waals surface area contributed by atoms with E-state index in [1.165, 1.54) is 44.2 Å². The number of nitrogens with one attached hydrogen (secondary N) is 2. The van der Waals surface area contributed by atoms with Crippen LogP contribution in [0.3, 0.4) is 0 Å². The predicted octanol–water partition coefficient (Wildman–Crippen LogP) is 8.88. The zero-order valence-electron chi connectivity index (χ0n) is 29.5. The van der Waals surface area contributed by atoms with E-state index in [0.717, 1.165) is 79.5 Å². The fourth-order valence-electron chi connectivity index (χ4n) is 8.95. The SMILES string of the molecule is C1=CCC(C2CCC2)C(Nc2cccc3ncn(-c4nc5ncnc6nc(-n7cnc8cccc(Nc9cccn9C9CCC9)c87)c7ccc4c7n56)c23)=C1. The van der Waals surface area contributed by atoms with Crippen LogP contribution in [0.4, 0.5) is 17.2 Å². The first kappa shape index (κ1) is 30.0. The van der Waals surface area contributed by atoms with Crippen molar-refractivity contribution in [3.63, 3.8) is 0 Å². The largest absolute Gasteiger partial charge is 0.357 e. The molecule has 0 amide bonds. The van der Waals surface area contributed by atoms with E-state index in [2.05, 4.69) is 107 Å². The summed E-state index contributed by atoms with van der Waals surface area (Å²) in [5.74, 6) is 4.83. The first-order chi connectivity index (χ1) is 26.8. The number of anilines is 3. The molecule has 54 heavy (non-hydrogen) atoms. The van der Waals surface area contributed by atoms with Crippen LogP contribution in [0.15, 0.2) is 110 Å². The second-order valence-electron chi connectivity index (χ2n) is 15.0. The van der Waals surface area contributed by atoms with Crippen LogP contribution in [0.2, 0.25) is 0 Å². The van der Waals surface area contributed by atoms with Gasteiger partial charge in [0.25, 0.3) is 0 Å². The van der Waals surface area contributed by atoms with Gasteiger partial charge in [-0.25, -0.2) is 24.3 Å². The van der Waals surface area contributed by atoms with E-state index in [9.17, 15) is 0 Å². The lowest BCUT2D eigenvalue weighted by molar-refractivity contribution is 0.233. The molecular formula is C42H36N12. The molecule has 1 unspecified atom stereocenters. The zero-order valence-corrected chi connectivity index (χ0v) is 29.5. The van der Waals surface area contributed by atoms with Gasteiger partial charge in [0.05, 0.1) is 39.0 Å². The maximum Gasteiger partial charge on any atom is 0.240 e. The molecule has 0 bridgehead atoms. The summed E-state index contributed by atoms with van der Waals surface area (Å²) in [5.41, 5.74) is 7.89. The Labute approximate surface area is 309 Å². The number of allylic oxidation sites excluding steroid dienone is 4. The van der Waals surface area contributed by atoms with Crippen molar-refractivity contribution in [2.24, 2.45) is 11.8 Å². The van der Waals surface area contributed by atoms with Crippen LogP contribution in [0.25, 0.3) is 61.5 Å². The standard InChI is InChI=1S/C42H36N12/c1-2-13-30(27(12-1)25-8-3-9-25)47-33-16-5-14-31-37(33)52(23-45-31)39-28-19-20-29-36(28)54-41(49-39)43-22-44-42(54)50-40(29)53-24-46-32-15-6-17-34(38(32)53)48-35-18-7-21-51(35)26-10-4-11-26/h1-2,5-7,13-27,47-48H,3-4,8-12H2. The Hall–Kier alpha value is -6.56. The number of hydrogen-bond acceptors (Lipinski definition) is 8. The van der Waals surface area contributed by atoms with Crippen LogP contribution >= 0.6 is 0 Å². The molecule has 0 saturated heterocycles. The number of rotatable bonds is 8. The first-order valence-electron chi connectivity index (χ1n) is 19.0. The van der Waals surface area contributed by atoms with Crippen molar-refractivity contribution in [3.8, 4) is 11.6 Å². The van der Waals surface area contributed by atoms with Gasteiger partial charge in [-0.3, -0.25) is 9.13 Å². The highest BCUT2D eigenvalue weighted by Gasteiger charge is 2.31. The van der Waals surface area contributed by atoms with E-state index in [1.807, 2.05) is 29.2 Å². The molecule has 3 aromatic carbocycles. The molecule has 1 atom stereocenters. The van der Waals surface area contributed by atoms with E-state index < -0.39 is 0 Å². The van der Waals surface area contributed by atoms with Gasteiger partial charge in [0, 0.05) is 34.6 Å². The second kappa shape index (κ2) is 11.5. The average molecular weight is 709 g/mol. The van der Waals surface area contributed by atoms with Crippen molar-refractivity contribution in [3.05, 3.63) is 110 Å². The van der Waals surface area contributed by atoms with Crippen molar-refractivity contribution in [1.29, 1.82) is 0 Å². The summed E-state index contributed by atoms with van der Waals surface area (Å²) in [7, 11) is 0. The lowest BCUT2D eigenvalue weighted by Gasteiger charge is -2.36. The van der Waals surface area contributed by atoms with Crippen molar-refractivity contribution in [2.75, 3.05) is 10.6 Å². The second-order valence-corrected chi connectivity index (χ2v) is 15.0. The quantitative estimate of drug-likeness (QED) is 0.161. The molecule has 0 spiro atoms. The molecular weight excluding hydrogens is 673 g/mol. The third-order valence-electron chi connectivity index (χ3n) is 12.1. The Morgan fingerprint density at radius 3 is 1.94 bits per heavy atom. The van der Waals surface area contributed by atoms with Gasteiger partial charge in [-0.2, -0.15) is 9.97 Å². The molecule has 2 N–H and O–H groups in total. The zero-order chi connectivity index (χ0) is 35.3. The minimum absolute atomic E-state index is 0.504. The van der Waals surface area contributed by atoms with Crippen molar-refractivity contribution in [1.82, 2.24) is 48.0 Å². The van der Waals surface area contributed by atoms with Crippen molar-refractivity contribution >= 4 is 67.1 Å². The van der Waals surface area contributed by atoms with Gasteiger partial charge in [-0.1, -0.05) is 30.7 Å². The minimum Gasteiger partial charge on any atom is -0.357 e. The molecule has 12 nitrogen and oxygen atoms in total. The number of nitrogens with zero attached hydrogens (tertiary/aromatic N) is 10. The minimum atomic E-state index is 0.504. The van der Waals surface area contributed by atoms with Crippen LogP contribution in [0.5, 0.6) is 0 Å². The highest BCUT2D eigenvalue weighted by molar-refractivity contribution is 6.08. The smallest absolute Gasteiger partial charge is 0.240 e. The summed E-state index contributed by atoms with van der Waals surface area (Å²) in [5, 5.41) is 9.51.